The van der Waals surface area contributed by atoms with Crippen LogP contribution in [0.1, 0.15) is 0 Å². The number of benzene rings is 19. The van der Waals surface area contributed by atoms with Crippen LogP contribution >= 0.6 is 0 Å². The van der Waals surface area contributed by atoms with Crippen LogP contribution in [-0.4, -0.2) is 44.9 Å². The van der Waals surface area contributed by atoms with Crippen molar-refractivity contribution in [3.8, 4) is 157 Å². The summed E-state index contributed by atoms with van der Waals surface area (Å²) in [5.74, 6) is 2.05. The summed E-state index contributed by atoms with van der Waals surface area (Å²) in [6.45, 7) is 0. The molecular weight excluding hydrogens is 1630 g/mol. The number of hydrogen-bond donors (Lipinski definition) is 0. The van der Waals surface area contributed by atoms with Crippen LogP contribution in [0.15, 0.2) is 491 Å². The van der Waals surface area contributed by atoms with Gasteiger partial charge in [-0.25, -0.2) is 44.9 Å². The average Bonchev–Trinajstić information content (AvgIpc) is 0.763. The molecule has 0 aliphatic carbocycles. The Labute approximate surface area is 775 Å². The van der Waals surface area contributed by atoms with E-state index in [-0.39, 0.29) is 0 Å². The molecule has 134 heavy (non-hydrogen) atoms. The maximum Gasteiger partial charge on any atom is 0.160 e. The highest BCUT2D eigenvalue weighted by molar-refractivity contribution is 6.12. The molecule has 25 rings (SSSR count). The number of fused-ring (bicyclic) bond motifs is 12. The molecule has 0 saturated heterocycles. The van der Waals surface area contributed by atoms with Gasteiger partial charge in [-0.15, -0.1) is 0 Å². The van der Waals surface area contributed by atoms with Crippen LogP contribution in [-0.2, 0) is 0 Å². The van der Waals surface area contributed by atoms with E-state index in [0.29, 0.717) is 17.5 Å². The number of rotatable bonds is 14. The first-order valence-electron chi connectivity index (χ1n) is 45.1. The van der Waals surface area contributed by atoms with E-state index in [2.05, 4.69) is 382 Å². The van der Waals surface area contributed by atoms with E-state index in [1.807, 2.05) is 109 Å². The predicted octanol–water partition coefficient (Wildman–Crippen LogP) is 32.2. The monoisotopic (exact) mass is 1710 g/mol. The molecule has 0 radical (unpaired) electrons. The SMILES string of the molecule is c1ccc(-c2ccc(-c3ccc(-c4nc(-c5ccccc5)c5ccc6ccc(-c7ccccc7)nc6c5n4)cc3)cc2)cc1.c1ccc(-c2ccc3ccc4c(-c5ccccc5)nc(-c5ccc(-c6ccc7c(ccc8ccccc87)c6)cc5)nc4c3n2)cc1.c1ccc(-c2cccc(-c3ccc(-c4nc(-c5ccccc5)c5ccc6ccc(-c7ccccc7)nc6c5n4)cc3)c2)cc1. The molecule has 0 atom stereocenters. The minimum atomic E-state index is 0.681. The predicted molar refractivity (Wildman–Crippen MR) is 556 cm³/mol. The van der Waals surface area contributed by atoms with Gasteiger partial charge < -0.3 is 0 Å². The molecule has 9 heteroatoms. The molecule has 0 bridgehead atoms. The Kier molecular flexibility index (Phi) is 21.6. The molecule has 25 aromatic rings. The smallest absolute Gasteiger partial charge is 0.160 e. The van der Waals surface area contributed by atoms with Gasteiger partial charge in [0, 0.05) is 82.4 Å². The second-order valence-corrected chi connectivity index (χ2v) is 33.4. The van der Waals surface area contributed by atoms with Crippen LogP contribution in [0.5, 0.6) is 0 Å². The van der Waals surface area contributed by atoms with Crippen molar-refractivity contribution in [2.75, 3.05) is 0 Å². The quantitative estimate of drug-likeness (QED) is 0.0981. The fourth-order valence-corrected chi connectivity index (χ4v) is 18.1. The molecule has 626 valence electrons. The van der Waals surface area contributed by atoms with Gasteiger partial charge in [0.15, 0.2) is 17.5 Å². The topological polar surface area (TPSA) is 116 Å². The molecule has 0 aliphatic heterocycles. The van der Waals surface area contributed by atoms with Crippen LogP contribution in [0.3, 0.4) is 0 Å². The first kappa shape index (κ1) is 80.5. The van der Waals surface area contributed by atoms with Crippen molar-refractivity contribution >= 4 is 87.0 Å². The van der Waals surface area contributed by atoms with Gasteiger partial charge in [0.25, 0.3) is 0 Å². The van der Waals surface area contributed by atoms with Gasteiger partial charge in [-0.3, -0.25) is 0 Å². The number of nitrogens with zero attached hydrogens (tertiary/aromatic N) is 9. The first-order chi connectivity index (χ1) is 66.4. The van der Waals surface area contributed by atoms with E-state index in [1.54, 1.807) is 0 Å². The third-order valence-corrected chi connectivity index (χ3v) is 25.1. The highest BCUT2D eigenvalue weighted by atomic mass is 14.9. The van der Waals surface area contributed by atoms with Gasteiger partial charge >= 0.3 is 0 Å². The lowest BCUT2D eigenvalue weighted by molar-refractivity contribution is 1.23. The normalized spacial score (nSPS) is 11.3. The molecule has 0 N–H and O–H groups in total. The minimum Gasteiger partial charge on any atom is -0.245 e. The molecule has 6 aromatic heterocycles. The molecular formula is C125H81N9. The van der Waals surface area contributed by atoms with E-state index in [4.69, 9.17) is 44.9 Å². The summed E-state index contributed by atoms with van der Waals surface area (Å²) in [6.07, 6.45) is 0. The second kappa shape index (κ2) is 35.9. The van der Waals surface area contributed by atoms with Crippen molar-refractivity contribution in [1.29, 1.82) is 0 Å². The summed E-state index contributed by atoms with van der Waals surface area (Å²) in [4.78, 5) is 46.4. The van der Waals surface area contributed by atoms with Gasteiger partial charge in [-0.2, -0.15) is 0 Å². The van der Waals surface area contributed by atoms with E-state index >= 15 is 0 Å². The van der Waals surface area contributed by atoms with E-state index in [9.17, 15) is 0 Å². The molecule has 9 nitrogen and oxygen atoms in total. The molecule has 0 spiro atoms. The Morgan fingerprint density at radius 2 is 0.328 bits per heavy atom. The van der Waals surface area contributed by atoms with Crippen LogP contribution in [0.4, 0.5) is 0 Å². The Morgan fingerprint density at radius 1 is 0.104 bits per heavy atom. The first-order valence-corrected chi connectivity index (χ1v) is 45.1. The zero-order chi connectivity index (χ0) is 89.0. The second-order valence-electron chi connectivity index (χ2n) is 33.4. The Hall–Kier alpha value is -18.1. The van der Waals surface area contributed by atoms with Gasteiger partial charge in [-0.1, -0.05) is 443 Å². The Morgan fingerprint density at radius 3 is 0.672 bits per heavy atom. The van der Waals surface area contributed by atoms with E-state index in [0.717, 1.165) is 166 Å². The summed E-state index contributed by atoms with van der Waals surface area (Å²) in [6, 6.07) is 171. The molecule has 0 fully saturated rings. The van der Waals surface area contributed by atoms with Crippen molar-refractivity contribution in [2.24, 2.45) is 0 Å². The third-order valence-electron chi connectivity index (χ3n) is 25.1. The van der Waals surface area contributed by atoms with Crippen LogP contribution in [0.25, 0.3) is 244 Å². The molecule has 0 aliphatic rings. The molecule has 19 aromatic carbocycles. The molecule has 0 unspecified atom stereocenters. The zero-order valence-corrected chi connectivity index (χ0v) is 72.8. The van der Waals surface area contributed by atoms with Gasteiger partial charge in [0.2, 0.25) is 0 Å². The van der Waals surface area contributed by atoms with E-state index < -0.39 is 0 Å². The minimum absolute atomic E-state index is 0.681. The van der Waals surface area contributed by atoms with Crippen LogP contribution in [0.2, 0.25) is 0 Å². The lowest BCUT2D eigenvalue weighted by atomic mass is 9.97. The van der Waals surface area contributed by atoms with Gasteiger partial charge in [-0.05, 0) is 126 Å². The highest BCUT2D eigenvalue weighted by Crippen LogP contribution is 2.42. The number of hydrogen-bond acceptors (Lipinski definition) is 9. The van der Waals surface area contributed by atoms with Crippen molar-refractivity contribution in [2.45, 2.75) is 0 Å². The standard InChI is InChI=1S/C43H27N3.2C41H27N3/c1-3-10-30(11-4-1)39-26-23-32-21-25-38-40(31-12-5-2-6-13-31)45-43(46-42(38)41(32)44-39)33-18-15-28(16-19-33)34-22-24-37-35(27-34)20-17-29-9-7-8-14-36(29)37;1-4-11-28(12-5-1)34-17-10-18-35(27-34)29-19-21-33(22-20-29)41-43-38(31-15-8-3-9-16-31)36-25-23-32-24-26-37(30-13-6-2-7-14-30)42-39(32)40(36)44-41;1-4-10-28(11-5-1)29-16-18-30(19-17-29)31-20-22-35(23-21-31)41-43-38(33-14-8-3-9-15-33)36-26-24-34-25-27-37(32-12-6-2-7-13-32)42-39(34)40(36)44-41/h1-27H;2*1-27H. The fraction of sp³-hybridized carbons (Fsp3) is 0. The highest BCUT2D eigenvalue weighted by Gasteiger charge is 2.22. The molecule has 0 amide bonds. The van der Waals surface area contributed by atoms with Crippen molar-refractivity contribution in [3.05, 3.63) is 491 Å². The van der Waals surface area contributed by atoms with E-state index in [1.165, 1.54) is 60.5 Å². The molecule has 0 saturated carbocycles. The summed E-state index contributed by atoms with van der Waals surface area (Å²) in [5, 5.41) is 11.2. The van der Waals surface area contributed by atoms with Crippen molar-refractivity contribution in [1.82, 2.24) is 44.9 Å². The molecule has 6 heterocycles. The summed E-state index contributed by atoms with van der Waals surface area (Å²) in [7, 11) is 0. The van der Waals surface area contributed by atoms with Gasteiger partial charge in [0.05, 0.1) is 50.7 Å². The lowest BCUT2D eigenvalue weighted by Crippen LogP contribution is -1.97. The van der Waals surface area contributed by atoms with Crippen LogP contribution < -0.4 is 0 Å². The average molecular weight is 1710 g/mol. The summed E-state index contributed by atoms with van der Waals surface area (Å²) >= 11 is 0. The van der Waals surface area contributed by atoms with Crippen molar-refractivity contribution < 1.29 is 0 Å². The third kappa shape index (κ3) is 16.3. The van der Waals surface area contributed by atoms with Crippen LogP contribution in [0, 0.1) is 0 Å². The largest absolute Gasteiger partial charge is 0.245 e. The van der Waals surface area contributed by atoms with Crippen molar-refractivity contribution in [3.63, 3.8) is 0 Å². The summed E-state index contributed by atoms with van der Waals surface area (Å²) < 4.78 is 0. The maximum absolute atomic E-state index is 5.19. The maximum atomic E-state index is 5.19. The zero-order valence-electron chi connectivity index (χ0n) is 72.8. The number of pyridine rings is 3. The number of aromatic nitrogens is 9. The fourth-order valence-electron chi connectivity index (χ4n) is 18.1. The Bertz CT molecular complexity index is 8640. The summed E-state index contributed by atoms with van der Waals surface area (Å²) in [5.41, 5.74) is 31.8. The Balaban J connectivity index is 0.000000114. The van der Waals surface area contributed by atoms with Gasteiger partial charge in [0.1, 0.15) is 16.6 Å². The lowest BCUT2D eigenvalue weighted by Gasteiger charge is -2.12.